The second-order valence-corrected chi connectivity index (χ2v) is 4.16. The van der Waals surface area contributed by atoms with Crippen LogP contribution in [0.4, 0.5) is 5.95 Å². The van der Waals surface area contributed by atoms with Crippen molar-refractivity contribution in [2.24, 2.45) is 5.92 Å². The van der Waals surface area contributed by atoms with E-state index in [2.05, 4.69) is 22.2 Å². The maximum absolute atomic E-state index is 5.70. The monoisotopic (exact) mass is 211 g/mol. The van der Waals surface area contributed by atoms with E-state index in [0.29, 0.717) is 17.0 Å². The van der Waals surface area contributed by atoms with Gasteiger partial charge in [0.05, 0.1) is 17.4 Å². The normalized spacial score (nSPS) is 17.9. The number of hydrogen-bond acceptors (Lipinski definition) is 3. The molecule has 2 rings (SSSR count). The van der Waals surface area contributed by atoms with E-state index in [1.165, 1.54) is 12.8 Å². The second-order valence-electron chi connectivity index (χ2n) is 3.72. The molecule has 1 N–H and O–H groups in total. The molecule has 4 heteroatoms. The molecular formula is C10H14ClN3. The molecule has 1 heterocycles. The largest absolute Gasteiger partial charge is 0.351 e. The molecule has 1 aromatic rings. The molecule has 1 fully saturated rings. The molecular weight excluding hydrogens is 198 g/mol. The zero-order chi connectivity index (χ0) is 9.97. The molecule has 0 saturated heterocycles. The molecule has 0 aromatic carbocycles. The molecule has 1 saturated carbocycles. The lowest BCUT2D eigenvalue weighted by atomic mass is 10.1. The van der Waals surface area contributed by atoms with Crippen LogP contribution in [-0.2, 0) is 0 Å². The molecule has 76 valence electrons. The van der Waals surface area contributed by atoms with Crippen LogP contribution in [0.15, 0.2) is 12.4 Å². The van der Waals surface area contributed by atoms with Gasteiger partial charge < -0.3 is 5.32 Å². The Morgan fingerprint density at radius 2 is 2.14 bits per heavy atom. The summed E-state index contributed by atoms with van der Waals surface area (Å²) in [6.07, 6.45) is 7.03. The van der Waals surface area contributed by atoms with E-state index >= 15 is 0 Å². The molecule has 1 aliphatic rings. The molecule has 3 nitrogen and oxygen atoms in total. The summed E-state index contributed by atoms with van der Waals surface area (Å²) in [7, 11) is 0. The van der Waals surface area contributed by atoms with Crippen molar-refractivity contribution in [2.45, 2.75) is 32.2 Å². The fourth-order valence-electron chi connectivity index (χ4n) is 1.60. The van der Waals surface area contributed by atoms with Gasteiger partial charge in [0.1, 0.15) is 0 Å². The number of hydrogen-bond donors (Lipinski definition) is 1. The molecule has 0 bridgehead atoms. The van der Waals surface area contributed by atoms with Crippen molar-refractivity contribution in [1.82, 2.24) is 9.97 Å². The van der Waals surface area contributed by atoms with Crippen LogP contribution < -0.4 is 5.32 Å². The summed E-state index contributed by atoms with van der Waals surface area (Å²) < 4.78 is 0. The first-order valence-electron chi connectivity index (χ1n) is 5.03. The van der Waals surface area contributed by atoms with E-state index in [1.54, 1.807) is 12.4 Å². The van der Waals surface area contributed by atoms with E-state index in [-0.39, 0.29) is 0 Å². The molecule has 14 heavy (non-hydrogen) atoms. The van der Waals surface area contributed by atoms with Crippen LogP contribution in [0.25, 0.3) is 0 Å². The highest BCUT2D eigenvalue weighted by Crippen LogP contribution is 2.35. The lowest BCUT2D eigenvalue weighted by molar-refractivity contribution is 0.611. The van der Waals surface area contributed by atoms with Crippen molar-refractivity contribution in [2.75, 3.05) is 5.32 Å². The maximum Gasteiger partial charge on any atom is 0.222 e. The Morgan fingerprint density at radius 1 is 1.50 bits per heavy atom. The van der Waals surface area contributed by atoms with Crippen molar-refractivity contribution < 1.29 is 0 Å². The Bertz CT molecular complexity index is 295. The van der Waals surface area contributed by atoms with Crippen LogP contribution in [0.5, 0.6) is 0 Å². The highest BCUT2D eigenvalue weighted by atomic mass is 35.5. The van der Waals surface area contributed by atoms with E-state index in [1.807, 2.05) is 0 Å². The maximum atomic E-state index is 5.70. The summed E-state index contributed by atoms with van der Waals surface area (Å²) >= 11 is 5.70. The van der Waals surface area contributed by atoms with Gasteiger partial charge in [-0.05, 0) is 25.2 Å². The number of rotatable bonds is 4. The molecule has 0 amide bonds. The molecule has 0 spiro atoms. The van der Waals surface area contributed by atoms with Crippen LogP contribution in [0, 0.1) is 5.92 Å². The second kappa shape index (κ2) is 4.13. The lowest BCUT2D eigenvalue weighted by Gasteiger charge is -2.15. The third-order valence-corrected chi connectivity index (χ3v) is 2.76. The van der Waals surface area contributed by atoms with Gasteiger partial charge in [0, 0.05) is 6.04 Å². The number of nitrogens with zero attached hydrogens (tertiary/aromatic N) is 2. The first-order valence-corrected chi connectivity index (χ1v) is 5.41. The summed E-state index contributed by atoms with van der Waals surface area (Å²) in [5.41, 5.74) is 0. The minimum atomic E-state index is 0.524. The minimum absolute atomic E-state index is 0.524. The molecule has 0 radical (unpaired) electrons. The van der Waals surface area contributed by atoms with Gasteiger partial charge in [-0.15, -0.1) is 0 Å². The number of nitrogens with one attached hydrogen (secondary N) is 1. The van der Waals surface area contributed by atoms with Crippen LogP contribution in [0.1, 0.15) is 26.2 Å². The van der Waals surface area contributed by atoms with Crippen molar-refractivity contribution in [3.63, 3.8) is 0 Å². The zero-order valence-electron chi connectivity index (χ0n) is 8.20. The average Bonchev–Trinajstić information content (AvgIpc) is 3.01. The van der Waals surface area contributed by atoms with Crippen molar-refractivity contribution >= 4 is 17.5 Å². The summed E-state index contributed by atoms with van der Waals surface area (Å²) in [6, 6.07) is 0.524. The number of aromatic nitrogens is 2. The van der Waals surface area contributed by atoms with Gasteiger partial charge in [0.25, 0.3) is 0 Å². The van der Waals surface area contributed by atoms with Gasteiger partial charge in [-0.2, -0.15) is 0 Å². The van der Waals surface area contributed by atoms with Gasteiger partial charge in [0.15, 0.2) is 0 Å². The van der Waals surface area contributed by atoms with E-state index in [4.69, 9.17) is 11.6 Å². The SMILES string of the molecule is CCC(Nc1ncc(Cl)cn1)C1CC1. The standard InChI is InChI=1S/C10H14ClN3/c1-2-9(7-3-4-7)14-10-12-5-8(11)6-13-10/h5-7,9H,2-4H2,1H3,(H,12,13,14). The fourth-order valence-corrected chi connectivity index (χ4v) is 1.70. The van der Waals surface area contributed by atoms with Crippen LogP contribution >= 0.6 is 11.6 Å². The van der Waals surface area contributed by atoms with Crippen molar-refractivity contribution in [3.8, 4) is 0 Å². The molecule has 1 aromatic heterocycles. The van der Waals surface area contributed by atoms with Crippen LogP contribution in [0.3, 0.4) is 0 Å². The Morgan fingerprint density at radius 3 is 2.64 bits per heavy atom. The van der Waals surface area contributed by atoms with E-state index in [0.717, 1.165) is 12.3 Å². The zero-order valence-corrected chi connectivity index (χ0v) is 8.96. The first kappa shape index (κ1) is 9.71. The van der Waals surface area contributed by atoms with Crippen LogP contribution in [0.2, 0.25) is 5.02 Å². The van der Waals surface area contributed by atoms with E-state index < -0.39 is 0 Å². The Kier molecular flexibility index (Phi) is 2.87. The van der Waals surface area contributed by atoms with Gasteiger partial charge in [-0.1, -0.05) is 18.5 Å². The van der Waals surface area contributed by atoms with Crippen molar-refractivity contribution in [1.29, 1.82) is 0 Å². The number of anilines is 1. The van der Waals surface area contributed by atoms with Gasteiger partial charge >= 0.3 is 0 Å². The summed E-state index contributed by atoms with van der Waals surface area (Å²) in [5, 5.41) is 3.92. The molecule has 0 aliphatic heterocycles. The van der Waals surface area contributed by atoms with Crippen LogP contribution in [-0.4, -0.2) is 16.0 Å². The topological polar surface area (TPSA) is 37.8 Å². The Hall–Kier alpha value is -0.830. The lowest BCUT2D eigenvalue weighted by Crippen LogP contribution is -2.21. The Balaban J connectivity index is 1.98. The average molecular weight is 212 g/mol. The van der Waals surface area contributed by atoms with Crippen molar-refractivity contribution in [3.05, 3.63) is 17.4 Å². The molecule has 1 atom stereocenters. The molecule has 1 aliphatic carbocycles. The summed E-state index contributed by atoms with van der Waals surface area (Å²) in [6.45, 7) is 2.19. The summed E-state index contributed by atoms with van der Waals surface area (Å²) in [5.74, 6) is 1.51. The predicted octanol–water partition coefficient (Wildman–Crippen LogP) is 2.73. The fraction of sp³-hybridized carbons (Fsp3) is 0.600. The van der Waals surface area contributed by atoms with Gasteiger partial charge in [-0.25, -0.2) is 9.97 Å². The molecule has 1 unspecified atom stereocenters. The third kappa shape index (κ3) is 2.35. The Labute approximate surface area is 88.9 Å². The third-order valence-electron chi connectivity index (χ3n) is 2.57. The predicted molar refractivity (Wildman–Crippen MR) is 57.5 cm³/mol. The van der Waals surface area contributed by atoms with E-state index in [9.17, 15) is 0 Å². The smallest absolute Gasteiger partial charge is 0.222 e. The summed E-state index contributed by atoms with van der Waals surface area (Å²) in [4.78, 5) is 8.24. The number of halogens is 1. The highest BCUT2D eigenvalue weighted by Gasteiger charge is 2.30. The van der Waals surface area contributed by atoms with Gasteiger partial charge in [-0.3, -0.25) is 0 Å². The van der Waals surface area contributed by atoms with Gasteiger partial charge in [0.2, 0.25) is 5.95 Å². The first-order chi connectivity index (χ1) is 6.79. The highest BCUT2D eigenvalue weighted by molar-refractivity contribution is 6.30. The quantitative estimate of drug-likeness (QED) is 0.832. The minimum Gasteiger partial charge on any atom is -0.351 e.